The molecule has 1 unspecified atom stereocenters. The lowest BCUT2D eigenvalue weighted by Gasteiger charge is -2.25. The molecule has 1 aromatic rings. The molecule has 16 heavy (non-hydrogen) atoms. The van der Waals surface area contributed by atoms with E-state index in [1.54, 1.807) is 18.0 Å². The van der Waals surface area contributed by atoms with Crippen LogP contribution in [0.2, 0.25) is 0 Å². The molecule has 0 aliphatic heterocycles. The number of ether oxygens (including phenoxy) is 1. The fourth-order valence-electron chi connectivity index (χ4n) is 1.60. The highest BCUT2D eigenvalue weighted by molar-refractivity contribution is 5.25. The molecule has 0 saturated carbocycles. The van der Waals surface area contributed by atoms with Gasteiger partial charge < -0.3 is 9.84 Å². The lowest BCUT2D eigenvalue weighted by atomic mass is 9.86. The summed E-state index contributed by atoms with van der Waals surface area (Å²) in [5, 5.41) is 14.1. The molecule has 0 radical (unpaired) electrons. The molecule has 0 amide bonds. The van der Waals surface area contributed by atoms with E-state index in [0.717, 1.165) is 24.3 Å². The van der Waals surface area contributed by atoms with Crippen LogP contribution in [0.4, 0.5) is 0 Å². The van der Waals surface area contributed by atoms with Gasteiger partial charge in [0.05, 0.1) is 25.1 Å². The molecule has 4 heteroatoms. The monoisotopic (exact) mass is 226 g/mol. The third kappa shape index (κ3) is 2.98. The summed E-state index contributed by atoms with van der Waals surface area (Å²) < 4.78 is 7.02. The van der Waals surface area contributed by atoms with Crippen molar-refractivity contribution in [3.05, 3.63) is 11.9 Å². The van der Waals surface area contributed by atoms with Gasteiger partial charge in [-0.2, -0.15) is 5.10 Å². The van der Waals surface area contributed by atoms with Crippen molar-refractivity contribution < 1.29 is 9.84 Å². The van der Waals surface area contributed by atoms with Gasteiger partial charge in [0.25, 0.3) is 0 Å². The van der Waals surface area contributed by atoms with E-state index < -0.39 is 0 Å². The van der Waals surface area contributed by atoms with E-state index in [0.29, 0.717) is 0 Å². The van der Waals surface area contributed by atoms with Gasteiger partial charge in [0.2, 0.25) is 0 Å². The van der Waals surface area contributed by atoms with Crippen molar-refractivity contribution in [3.8, 4) is 5.75 Å². The number of methoxy groups -OCH3 is 1. The first-order valence-electron chi connectivity index (χ1n) is 5.59. The second kappa shape index (κ2) is 4.87. The number of rotatable bonds is 4. The van der Waals surface area contributed by atoms with Crippen molar-refractivity contribution in [1.29, 1.82) is 0 Å². The van der Waals surface area contributed by atoms with E-state index in [4.69, 9.17) is 4.74 Å². The third-order valence-corrected chi connectivity index (χ3v) is 2.90. The van der Waals surface area contributed by atoms with Gasteiger partial charge in [0.1, 0.15) is 0 Å². The normalized spacial score (nSPS) is 13.9. The highest BCUT2D eigenvalue weighted by Crippen LogP contribution is 2.25. The minimum Gasteiger partial charge on any atom is -0.493 e. The van der Waals surface area contributed by atoms with Crippen LogP contribution in [-0.4, -0.2) is 28.1 Å². The molecule has 0 aliphatic carbocycles. The summed E-state index contributed by atoms with van der Waals surface area (Å²) >= 11 is 0. The minimum atomic E-state index is -0.313. The smallest absolute Gasteiger partial charge is 0.159 e. The predicted molar refractivity (Wildman–Crippen MR) is 63.5 cm³/mol. The maximum absolute atomic E-state index is 9.97. The Bertz CT molecular complexity index is 339. The van der Waals surface area contributed by atoms with E-state index in [2.05, 4.69) is 5.10 Å². The van der Waals surface area contributed by atoms with Gasteiger partial charge in [0, 0.05) is 7.05 Å². The first kappa shape index (κ1) is 13.0. The van der Waals surface area contributed by atoms with Gasteiger partial charge in [-0.25, -0.2) is 0 Å². The fraction of sp³-hybridized carbons (Fsp3) is 0.750. The van der Waals surface area contributed by atoms with Gasteiger partial charge in [0.15, 0.2) is 5.75 Å². The third-order valence-electron chi connectivity index (χ3n) is 2.90. The number of nitrogens with zero attached hydrogens (tertiary/aromatic N) is 2. The SMILES string of the molecule is COc1cnn(C)c1CCC(O)C(C)(C)C. The molecule has 1 aromatic heterocycles. The zero-order valence-corrected chi connectivity index (χ0v) is 10.8. The highest BCUT2D eigenvalue weighted by atomic mass is 16.5. The quantitative estimate of drug-likeness (QED) is 0.851. The Balaban J connectivity index is 2.64. The predicted octanol–water partition coefficient (Wildman–Crippen LogP) is 1.77. The van der Waals surface area contributed by atoms with Crippen LogP contribution in [-0.2, 0) is 13.5 Å². The second-order valence-corrected chi connectivity index (χ2v) is 5.20. The zero-order chi connectivity index (χ0) is 12.3. The standard InChI is InChI=1S/C12H22N2O2/c1-12(2,3)11(15)7-6-9-10(16-5)8-13-14(9)4/h8,11,15H,6-7H2,1-5H3. The van der Waals surface area contributed by atoms with Gasteiger partial charge in [-0.05, 0) is 18.3 Å². The van der Waals surface area contributed by atoms with Crippen LogP contribution in [0.3, 0.4) is 0 Å². The van der Waals surface area contributed by atoms with Crippen molar-refractivity contribution in [2.45, 2.75) is 39.7 Å². The molecule has 1 atom stereocenters. The average molecular weight is 226 g/mol. The van der Waals surface area contributed by atoms with Gasteiger partial charge in [-0.15, -0.1) is 0 Å². The molecule has 0 aliphatic rings. The van der Waals surface area contributed by atoms with Crippen molar-refractivity contribution in [2.24, 2.45) is 12.5 Å². The molecule has 4 nitrogen and oxygen atoms in total. The Kier molecular flexibility index (Phi) is 3.97. The van der Waals surface area contributed by atoms with Crippen LogP contribution in [0, 0.1) is 5.41 Å². The molecule has 0 saturated heterocycles. The first-order valence-corrected chi connectivity index (χ1v) is 5.59. The summed E-state index contributed by atoms with van der Waals surface area (Å²) in [5.41, 5.74) is 0.956. The summed E-state index contributed by atoms with van der Waals surface area (Å²) in [5.74, 6) is 0.795. The average Bonchev–Trinajstić information content (AvgIpc) is 2.54. The summed E-state index contributed by atoms with van der Waals surface area (Å²) in [6.45, 7) is 6.12. The molecular formula is C12H22N2O2. The lowest BCUT2D eigenvalue weighted by molar-refractivity contribution is 0.0554. The zero-order valence-electron chi connectivity index (χ0n) is 10.8. The minimum absolute atomic E-state index is 0.0776. The van der Waals surface area contributed by atoms with Crippen molar-refractivity contribution >= 4 is 0 Å². The van der Waals surface area contributed by atoms with Crippen LogP contribution in [0.5, 0.6) is 5.75 Å². The fourth-order valence-corrected chi connectivity index (χ4v) is 1.60. The number of aromatic nitrogens is 2. The maximum atomic E-state index is 9.97. The van der Waals surface area contributed by atoms with E-state index in [-0.39, 0.29) is 11.5 Å². The van der Waals surface area contributed by atoms with Crippen LogP contribution < -0.4 is 4.74 Å². The van der Waals surface area contributed by atoms with E-state index in [1.807, 2.05) is 27.8 Å². The van der Waals surface area contributed by atoms with Crippen molar-refractivity contribution in [1.82, 2.24) is 9.78 Å². The second-order valence-electron chi connectivity index (χ2n) is 5.20. The Morgan fingerprint density at radius 2 is 2.12 bits per heavy atom. The summed E-state index contributed by atoms with van der Waals surface area (Å²) in [4.78, 5) is 0. The Morgan fingerprint density at radius 3 is 2.62 bits per heavy atom. The molecule has 1 rings (SSSR count). The Morgan fingerprint density at radius 1 is 1.50 bits per heavy atom. The molecule has 0 bridgehead atoms. The highest BCUT2D eigenvalue weighted by Gasteiger charge is 2.22. The topological polar surface area (TPSA) is 47.3 Å². The Hall–Kier alpha value is -1.03. The van der Waals surface area contributed by atoms with Crippen LogP contribution >= 0.6 is 0 Å². The molecular weight excluding hydrogens is 204 g/mol. The number of aliphatic hydroxyl groups excluding tert-OH is 1. The van der Waals surface area contributed by atoms with E-state index >= 15 is 0 Å². The van der Waals surface area contributed by atoms with E-state index in [1.165, 1.54) is 0 Å². The molecule has 0 aromatic carbocycles. The molecule has 0 fully saturated rings. The first-order chi connectivity index (χ1) is 7.36. The van der Waals surface area contributed by atoms with Gasteiger partial charge >= 0.3 is 0 Å². The van der Waals surface area contributed by atoms with E-state index in [9.17, 15) is 5.11 Å². The number of aliphatic hydroxyl groups is 1. The van der Waals surface area contributed by atoms with Crippen LogP contribution in [0.1, 0.15) is 32.9 Å². The number of hydrogen-bond donors (Lipinski definition) is 1. The van der Waals surface area contributed by atoms with Crippen LogP contribution in [0.25, 0.3) is 0 Å². The number of hydrogen-bond acceptors (Lipinski definition) is 3. The summed E-state index contributed by atoms with van der Waals surface area (Å²) in [6, 6.07) is 0. The Labute approximate surface area is 97.2 Å². The molecule has 1 heterocycles. The maximum Gasteiger partial charge on any atom is 0.159 e. The lowest BCUT2D eigenvalue weighted by Crippen LogP contribution is -2.26. The molecule has 1 N–H and O–H groups in total. The summed E-state index contributed by atoms with van der Waals surface area (Å²) in [6.07, 6.45) is 2.89. The van der Waals surface area contributed by atoms with Gasteiger partial charge in [-0.3, -0.25) is 4.68 Å². The van der Waals surface area contributed by atoms with Crippen LogP contribution in [0.15, 0.2) is 6.20 Å². The molecule has 0 spiro atoms. The molecule has 92 valence electrons. The van der Waals surface area contributed by atoms with Crippen molar-refractivity contribution in [2.75, 3.05) is 7.11 Å². The summed E-state index contributed by atoms with van der Waals surface area (Å²) in [7, 11) is 3.53. The number of aryl methyl sites for hydroxylation is 1. The van der Waals surface area contributed by atoms with Crippen molar-refractivity contribution in [3.63, 3.8) is 0 Å². The largest absolute Gasteiger partial charge is 0.493 e. The van der Waals surface area contributed by atoms with Gasteiger partial charge in [-0.1, -0.05) is 20.8 Å².